The molecule has 1 heterocycles. The van der Waals surface area contributed by atoms with Gasteiger partial charge in [-0.15, -0.1) is 11.3 Å². The number of nitrogens with zero attached hydrogens (tertiary/aromatic N) is 2. The smallest absolute Gasteiger partial charge is 0.357 e. The molecule has 2 amide bonds. The number of carbonyl (C=O) groups is 2. The van der Waals surface area contributed by atoms with E-state index in [0.29, 0.717) is 37.7 Å². The van der Waals surface area contributed by atoms with Crippen LogP contribution in [0.25, 0.3) is 10.8 Å². The number of methoxy groups -OCH3 is 1. The Bertz CT molecular complexity index is 999. The first-order chi connectivity index (χ1) is 14.6. The number of urea groups is 1. The lowest BCUT2D eigenvalue weighted by Crippen LogP contribution is -2.35. The van der Waals surface area contributed by atoms with E-state index >= 15 is 0 Å². The van der Waals surface area contributed by atoms with E-state index < -0.39 is 5.97 Å². The van der Waals surface area contributed by atoms with Crippen LogP contribution in [0.3, 0.4) is 0 Å². The number of thiazole rings is 1. The fraction of sp³-hybridized carbons (Fsp3) is 0.318. The molecule has 0 spiro atoms. The minimum atomic E-state index is -0.453. The Morgan fingerprint density at radius 2 is 1.97 bits per heavy atom. The summed E-state index contributed by atoms with van der Waals surface area (Å²) in [4.78, 5) is 30.9. The second-order valence-corrected chi connectivity index (χ2v) is 7.51. The minimum Gasteiger partial charge on any atom is -0.461 e. The summed E-state index contributed by atoms with van der Waals surface area (Å²) in [6.07, 6.45) is 0.690. The fourth-order valence-corrected chi connectivity index (χ4v) is 3.80. The van der Waals surface area contributed by atoms with Crippen LogP contribution in [0.2, 0.25) is 0 Å². The number of nitrogens with one attached hydrogen (secondary N) is 1. The lowest BCUT2D eigenvalue weighted by atomic mass is 10.1. The number of benzene rings is 2. The molecule has 0 unspecified atom stereocenters. The summed E-state index contributed by atoms with van der Waals surface area (Å²) < 4.78 is 10.1. The molecule has 158 valence electrons. The summed E-state index contributed by atoms with van der Waals surface area (Å²) in [7, 11) is 1.63. The topological polar surface area (TPSA) is 80.8 Å². The number of carbonyl (C=O) groups excluding carboxylic acids is 2. The van der Waals surface area contributed by atoms with Gasteiger partial charge in [-0.2, -0.15) is 0 Å². The molecule has 7 nitrogen and oxygen atoms in total. The Hall–Kier alpha value is -2.97. The van der Waals surface area contributed by atoms with Gasteiger partial charge in [0.1, 0.15) is 5.01 Å². The molecular weight excluding hydrogens is 402 g/mol. The van der Waals surface area contributed by atoms with E-state index in [1.165, 1.54) is 11.3 Å². The van der Waals surface area contributed by atoms with E-state index in [0.717, 1.165) is 16.5 Å². The van der Waals surface area contributed by atoms with Crippen molar-refractivity contribution >= 4 is 39.8 Å². The summed E-state index contributed by atoms with van der Waals surface area (Å²) in [5, 5.41) is 7.37. The summed E-state index contributed by atoms with van der Waals surface area (Å²) >= 11 is 1.33. The number of ether oxygens (including phenoxy) is 2. The lowest BCUT2D eigenvalue weighted by Gasteiger charge is -2.22. The molecule has 8 heteroatoms. The van der Waals surface area contributed by atoms with Crippen LogP contribution in [0, 0.1) is 0 Å². The molecule has 3 rings (SSSR count). The number of hydrogen-bond donors (Lipinski definition) is 1. The molecule has 30 heavy (non-hydrogen) atoms. The number of amides is 2. The van der Waals surface area contributed by atoms with E-state index in [2.05, 4.69) is 10.3 Å². The summed E-state index contributed by atoms with van der Waals surface area (Å²) in [5.74, 6) is -0.453. The molecule has 0 saturated carbocycles. The van der Waals surface area contributed by atoms with Crippen molar-refractivity contribution in [1.29, 1.82) is 0 Å². The third-order valence-corrected chi connectivity index (χ3v) is 5.29. The van der Waals surface area contributed by atoms with Crippen molar-refractivity contribution in [3.8, 4) is 0 Å². The maximum Gasteiger partial charge on any atom is 0.357 e. The van der Waals surface area contributed by atoms with Gasteiger partial charge in [0.25, 0.3) is 0 Å². The quantitative estimate of drug-likeness (QED) is 0.400. The van der Waals surface area contributed by atoms with Gasteiger partial charge in [0.05, 0.1) is 18.8 Å². The first-order valence-corrected chi connectivity index (χ1v) is 10.6. The fourth-order valence-electron chi connectivity index (χ4n) is 3.03. The molecule has 0 bridgehead atoms. The SMILES string of the molecule is CCOC(=O)c1csc(CN(CCCOC)C(=O)Nc2cccc3ccccc23)n1. The van der Waals surface area contributed by atoms with Crippen molar-refractivity contribution in [2.24, 2.45) is 0 Å². The van der Waals surface area contributed by atoms with Crippen molar-refractivity contribution < 1.29 is 19.1 Å². The van der Waals surface area contributed by atoms with Gasteiger partial charge in [-0.1, -0.05) is 36.4 Å². The largest absolute Gasteiger partial charge is 0.461 e. The zero-order valence-corrected chi connectivity index (χ0v) is 17.9. The van der Waals surface area contributed by atoms with Gasteiger partial charge < -0.3 is 19.7 Å². The molecule has 1 N–H and O–H groups in total. The van der Waals surface area contributed by atoms with E-state index in [9.17, 15) is 9.59 Å². The Balaban J connectivity index is 1.75. The van der Waals surface area contributed by atoms with Crippen LogP contribution < -0.4 is 5.32 Å². The van der Waals surface area contributed by atoms with Crippen molar-refractivity contribution in [2.45, 2.75) is 19.9 Å². The molecule has 0 aliphatic rings. The highest BCUT2D eigenvalue weighted by molar-refractivity contribution is 7.09. The Morgan fingerprint density at radius 3 is 2.77 bits per heavy atom. The van der Waals surface area contributed by atoms with Gasteiger partial charge in [-0.25, -0.2) is 14.6 Å². The molecule has 0 atom stereocenters. The van der Waals surface area contributed by atoms with Crippen LogP contribution in [0.15, 0.2) is 47.8 Å². The number of anilines is 1. The number of fused-ring (bicyclic) bond motifs is 1. The molecule has 1 aromatic heterocycles. The summed E-state index contributed by atoms with van der Waals surface area (Å²) in [5.41, 5.74) is 1.02. The van der Waals surface area contributed by atoms with Crippen LogP contribution >= 0.6 is 11.3 Å². The van der Waals surface area contributed by atoms with Crippen molar-refractivity contribution in [3.63, 3.8) is 0 Å². The molecule has 3 aromatic rings. The average molecular weight is 428 g/mol. The third-order valence-electron chi connectivity index (χ3n) is 4.46. The predicted octanol–water partition coefficient (Wildman–Crippen LogP) is 4.54. The molecule has 0 radical (unpaired) electrons. The number of rotatable bonds is 9. The van der Waals surface area contributed by atoms with Gasteiger partial charge >= 0.3 is 12.0 Å². The maximum absolute atomic E-state index is 13.1. The highest BCUT2D eigenvalue weighted by Crippen LogP contribution is 2.23. The minimum absolute atomic E-state index is 0.227. The summed E-state index contributed by atoms with van der Waals surface area (Å²) in [6.45, 7) is 3.38. The lowest BCUT2D eigenvalue weighted by molar-refractivity contribution is 0.0520. The molecule has 0 aliphatic carbocycles. The standard InChI is InChI=1S/C22H25N3O4S/c1-3-29-21(26)19-15-30-20(23-19)14-25(12-7-13-28-2)22(27)24-18-11-6-9-16-8-4-5-10-17(16)18/h4-6,8-11,15H,3,7,12-14H2,1-2H3,(H,24,27). The number of esters is 1. The van der Waals surface area contributed by atoms with Crippen molar-refractivity contribution in [1.82, 2.24) is 9.88 Å². The Labute approximate surface area is 179 Å². The third kappa shape index (κ3) is 5.55. The molecule has 2 aromatic carbocycles. The van der Waals surface area contributed by atoms with Gasteiger partial charge in [0.2, 0.25) is 0 Å². The van der Waals surface area contributed by atoms with Crippen LogP contribution in [0.5, 0.6) is 0 Å². The Kier molecular flexibility index (Phi) is 7.75. The second-order valence-electron chi connectivity index (χ2n) is 6.57. The highest BCUT2D eigenvalue weighted by Gasteiger charge is 2.18. The molecule has 0 saturated heterocycles. The Morgan fingerprint density at radius 1 is 1.17 bits per heavy atom. The maximum atomic E-state index is 13.1. The van der Waals surface area contributed by atoms with E-state index in [4.69, 9.17) is 9.47 Å². The zero-order chi connectivity index (χ0) is 21.3. The summed E-state index contributed by atoms with van der Waals surface area (Å²) in [6, 6.07) is 13.5. The van der Waals surface area contributed by atoms with E-state index in [1.807, 2.05) is 42.5 Å². The molecular formula is C22H25N3O4S. The van der Waals surface area contributed by atoms with Crippen LogP contribution in [-0.2, 0) is 16.0 Å². The van der Waals surface area contributed by atoms with Gasteiger partial charge in [-0.05, 0) is 24.8 Å². The van der Waals surface area contributed by atoms with E-state index in [-0.39, 0.29) is 11.7 Å². The van der Waals surface area contributed by atoms with Crippen LogP contribution in [0.4, 0.5) is 10.5 Å². The predicted molar refractivity (Wildman–Crippen MR) is 118 cm³/mol. The normalized spacial score (nSPS) is 10.7. The van der Waals surface area contributed by atoms with Crippen molar-refractivity contribution in [3.05, 3.63) is 58.5 Å². The monoisotopic (exact) mass is 427 g/mol. The van der Waals surface area contributed by atoms with Gasteiger partial charge in [0.15, 0.2) is 5.69 Å². The van der Waals surface area contributed by atoms with Crippen molar-refractivity contribution in [2.75, 3.05) is 32.2 Å². The zero-order valence-electron chi connectivity index (χ0n) is 17.1. The molecule has 0 fully saturated rings. The highest BCUT2D eigenvalue weighted by atomic mass is 32.1. The average Bonchev–Trinajstić information content (AvgIpc) is 3.22. The first kappa shape index (κ1) is 21.7. The van der Waals surface area contributed by atoms with Crippen LogP contribution in [0.1, 0.15) is 28.8 Å². The number of aromatic nitrogens is 1. The first-order valence-electron chi connectivity index (χ1n) is 9.76. The molecule has 0 aliphatic heterocycles. The van der Waals surface area contributed by atoms with Gasteiger partial charge in [-0.3, -0.25) is 0 Å². The second kappa shape index (κ2) is 10.7. The van der Waals surface area contributed by atoms with Gasteiger partial charge in [0, 0.05) is 31.0 Å². The van der Waals surface area contributed by atoms with Crippen LogP contribution in [-0.4, -0.2) is 48.8 Å². The van der Waals surface area contributed by atoms with E-state index in [1.54, 1.807) is 24.3 Å². The number of hydrogen-bond acceptors (Lipinski definition) is 6.